The highest BCUT2D eigenvalue weighted by Crippen LogP contribution is 2.28. The molecular formula is C21H21ClN4O2. The van der Waals surface area contributed by atoms with Gasteiger partial charge in [-0.15, -0.1) is 0 Å². The number of Topliss-reactive ketones (excluding diaryl/α,β-unsaturated/α-hetero) is 1. The zero-order valence-electron chi connectivity index (χ0n) is 15.5. The van der Waals surface area contributed by atoms with Gasteiger partial charge in [0.25, 0.3) is 5.91 Å². The average Bonchev–Trinajstić information content (AvgIpc) is 3.41. The fourth-order valence-corrected chi connectivity index (χ4v) is 3.48. The highest BCUT2D eigenvalue weighted by molar-refractivity contribution is 6.31. The first kappa shape index (κ1) is 18.5. The molecule has 2 aliphatic carbocycles. The third-order valence-corrected chi connectivity index (χ3v) is 5.30. The Morgan fingerprint density at radius 3 is 2.82 bits per heavy atom. The van der Waals surface area contributed by atoms with Gasteiger partial charge < -0.3 is 11.1 Å². The van der Waals surface area contributed by atoms with E-state index in [-0.39, 0.29) is 29.5 Å². The number of benzene rings is 1. The van der Waals surface area contributed by atoms with Crippen LogP contribution in [-0.4, -0.2) is 27.5 Å². The molecule has 1 unspecified atom stereocenters. The summed E-state index contributed by atoms with van der Waals surface area (Å²) in [4.78, 5) is 25.2. The number of carbonyl (C=O) groups excluding carboxylic acids is 2. The van der Waals surface area contributed by atoms with Gasteiger partial charge in [-0.1, -0.05) is 29.8 Å². The van der Waals surface area contributed by atoms with Gasteiger partial charge in [-0.25, -0.2) is 4.68 Å². The third kappa shape index (κ3) is 3.60. The standard InChI is InChI=1S/C21H21ClN4O2/c1-12-5-6-14(21(28)25-16-7-8-16)10-18(12)26-20(23)17(11-24-26)19(27)13-3-2-4-15(22)9-13/h2,4-6,9-11,13,16H,3,7-8,23H2,1H3,(H,25,28). The lowest BCUT2D eigenvalue weighted by Gasteiger charge is -2.14. The second-order valence-corrected chi connectivity index (χ2v) is 7.70. The SMILES string of the molecule is Cc1ccc(C(=O)NC2CC2)cc1-n1ncc(C(=O)C2C=C(Cl)C=CC2)c1N. The Balaban J connectivity index is 1.64. The van der Waals surface area contributed by atoms with E-state index < -0.39 is 0 Å². The van der Waals surface area contributed by atoms with Crippen molar-refractivity contribution in [1.29, 1.82) is 0 Å². The first-order chi connectivity index (χ1) is 13.4. The minimum Gasteiger partial charge on any atom is -0.383 e. The predicted octanol–water partition coefficient (Wildman–Crippen LogP) is 3.54. The summed E-state index contributed by atoms with van der Waals surface area (Å²) in [5.41, 5.74) is 8.75. The normalized spacial score (nSPS) is 18.6. The monoisotopic (exact) mass is 396 g/mol. The van der Waals surface area contributed by atoms with Crippen molar-refractivity contribution < 1.29 is 9.59 Å². The van der Waals surface area contributed by atoms with Crippen LogP contribution in [0.4, 0.5) is 5.82 Å². The highest BCUT2D eigenvalue weighted by atomic mass is 35.5. The van der Waals surface area contributed by atoms with Crippen LogP contribution in [0.1, 0.15) is 45.5 Å². The van der Waals surface area contributed by atoms with Crippen LogP contribution in [-0.2, 0) is 0 Å². The van der Waals surface area contributed by atoms with Gasteiger partial charge in [0.1, 0.15) is 5.82 Å². The van der Waals surface area contributed by atoms with Crippen molar-refractivity contribution in [2.24, 2.45) is 5.92 Å². The number of carbonyl (C=O) groups is 2. The highest BCUT2D eigenvalue weighted by Gasteiger charge is 2.26. The number of nitrogen functional groups attached to an aromatic ring is 1. The molecule has 1 aromatic heterocycles. The van der Waals surface area contributed by atoms with E-state index in [2.05, 4.69) is 10.4 Å². The minimum absolute atomic E-state index is 0.112. The van der Waals surface area contributed by atoms with Crippen LogP contribution >= 0.6 is 11.6 Å². The summed E-state index contributed by atoms with van der Waals surface area (Å²) in [6, 6.07) is 5.67. The maximum absolute atomic E-state index is 12.9. The molecule has 3 N–H and O–H groups in total. The lowest BCUT2D eigenvalue weighted by atomic mass is 9.93. The second-order valence-electron chi connectivity index (χ2n) is 7.26. The lowest BCUT2D eigenvalue weighted by molar-refractivity contribution is 0.0940. The van der Waals surface area contributed by atoms with Crippen LogP contribution in [0, 0.1) is 12.8 Å². The number of hydrogen-bond donors (Lipinski definition) is 2. The van der Waals surface area contributed by atoms with Crippen molar-refractivity contribution in [2.75, 3.05) is 5.73 Å². The molecule has 0 bridgehead atoms. The molecule has 1 aromatic carbocycles. The summed E-state index contributed by atoms with van der Waals surface area (Å²) < 4.78 is 1.51. The smallest absolute Gasteiger partial charge is 0.251 e. The second kappa shape index (κ2) is 7.28. The molecule has 1 atom stereocenters. The predicted molar refractivity (Wildman–Crippen MR) is 109 cm³/mol. The quantitative estimate of drug-likeness (QED) is 0.756. The first-order valence-corrected chi connectivity index (χ1v) is 9.65. The van der Waals surface area contributed by atoms with Gasteiger partial charge in [-0.3, -0.25) is 9.59 Å². The number of aromatic nitrogens is 2. The Kier molecular flexibility index (Phi) is 4.81. The van der Waals surface area contributed by atoms with E-state index >= 15 is 0 Å². The Morgan fingerprint density at radius 2 is 2.11 bits per heavy atom. The molecule has 144 valence electrons. The number of anilines is 1. The summed E-state index contributed by atoms with van der Waals surface area (Å²) >= 11 is 6.02. The van der Waals surface area contributed by atoms with E-state index in [0.717, 1.165) is 18.4 Å². The molecule has 6 nitrogen and oxygen atoms in total. The number of hydrogen-bond acceptors (Lipinski definition) is 4. The van der Waals surface area contributed by atoms with Crippen LogP contribution in [0.15, 0.2) is 47.7 Å². The van der Waals surface area contributed by atoms with Gasteiger partial charge in [-0.2, -0.15) is 5.10 Å². The summed E-state index contributed by atoms with van der Waals surface area (Å²) in [6.45, 7) is 1.91. The van der Waals surface area contributed by atoms with Gasteiger partial charge >= 0.3 is 0 Å². The van der Waals surface area contributed by atoms with E-state index in [1.54, 1.807) is 24.3 Å². The molecule has 0 aliphatic heterocycles. The van der Waals surface area contributed by atoms with Gasteiger partial charge in [0.15, 0.2) is 5.78 Å². The molecule has 1 fully saturated rings. The van der Waals surface area contributed by atoms with E-state index in [9.17, 15) is 9.59 Å². The van der Waals surface area contributed by atoms with E-state index in [0.29, 0.717) is 28.3 Å². The number of allylic oxidation sites excluding steroid dienone is 4. The first-order valence-electron chi connectivity index (χ1n) is 9.27. The van der Waals surface area contributed by atoms with Gasteiger partial charge in [0.2, 0.25) is 0 Å². The topological polar surface area (TPSA) is 90.0 Å². The fraction of sp³-hybridized carbons (Fsp3) is 0.286. The molecular weight excluding hydrogens is 376 g/mol. The Hall–Kier alpha value is -2.86. The number of amides is 1. The molecule has 1 amide bonds. The van der Waals surface area contributed by atoms with E-state index in [1.165, 1.54) is 10.9 Å². The number of nitrogens with two attached hydrogens (primary N) is 1. The minimum atomic E-state index is -0.353. The van der Waals surface area contributed by atoms with Gasteiger partial charge in [0, 0.05) is 22.6 Å². The summed E-state index contributed by atoms with van der Waals surface area (Å²) in [5, 5.41) is 7.84. The van der Waals surface area contributed by atoms with Crippen molar-refractivity contribution in [1.82, 2.24) is 15.1 Å². The molecule has 28 heavy (non-hydrogen) atoms. The Labute approximate surface area is 168 Å². The van der Waals surface area contributed by atoms with Crippen molar-refractivity contribution in [3.63, 3.8) is 0 Å². The number of halogens is 1. The van der Waals surface area contributed by atoms with Gasteiger partial charge in [-0.05, 0) is 50.0 Å². The number of nitrogens with one attached hydrogen (secondary N) is 1. The lowest BCUT2D eigenvalue weighted by Crippen LogP contribution is -2.25. The molecule has 2 aromatic rings. The molecule has 2 aliphatic rings. The van der Waals surface area contributed by atoms with Crippen LogP contribution < -0.4 is 11.1 Å². The number of rotatable bonds is 5. The zero-order valence-corrected chi connectivity index (χ0v) is 16.2. The number of ketones is 1. The number of nitrogens with zero attached hydrogens (tertiary/aromatic N) is 2. The average molecular weight is 397 g/mol. The van der Waals surface area contributed by atoms with Crippen LogP contribution in [0.25, 0.3) is 5.69 Å². The Bertz CT molecular complexity index is 1020. The molecule has 0 spiro atoms. The van der Waals surface area contributed by atoms with Gasteiger partial charge in [0.05, 0.1) is 17.4 Å². The van der Waals surface area contributed by atoms with E-state index in [4.69, 9.17) is 17.3 Å². The molecule has 0 radical (unpaired) electrons. The zero-order chi connectivity index (χ0) is 19.8. The molecule has 1 heterocycles. The maximum atomic E-state index is 12.9. The van der Waals surface area contributed by atoms with Crippen molar-refractivity contribution in [2.45, 2.75) is 32.2 Å². The molecule has 0 saturated heterocycles. The van der Waals surface area contributed by atoms with Crippen molar-refractivity contribution in [3.05, 3.63) is 64.3 Å². The summed E-state index contributed by atoms with van der Waals surface area (Å²) in [5.74, 6) is -0.327. The van der Waals surface area contributed by atoms with Crippen LogP contribution in [0.2, 0.25) is 0 Å². The maximum Gasteiger partial charge on any atom is 0.251 e. The molecule has 7 heteroatoms. The largest absolute Gasteiger partial charge is 0.383 e. The summed E-state index contributed by atoms with van der Waals surface area (Å²) in [6.07, 6.45) is 9.49. The number of aryl methyl sites for hydroxylation is 1. The Morgan fingerprint density at radius 1 is 1.32 bits per heavy atom. The van der Waals surface area contributed by atoms with Crippen LogP contribution in [0.3, 0.4) is 0 Å². The summed E-state index contributed by atoms with van der Waals surface area (Å²) in [7, 11) is 0. The van der Waals surface area contributed by atoms with Crippen molar-refractivity contribution in [3.8, 4) is 5.69 Å². The van der Waals surface area contributed by atoms with E-state index in [1.807, 2.05) is 19.1 Å². The fourth-order valence-electron chi connectivity index (χ4n) is 3.24. The molecule has 1 saturated carbocycles. The van der Waals surface area contributed by atoms with Crippen LogP contribution in [0.5, 0.6) is 0 Å². The van der Waals surface area contributed by atoms with Crippen molar-refractivity contribution >= 4 is 29.1 Å². The molecule has 4 rings (SSSR count). The third-order valence-electron chi connectivity index (χ3n) is 5.05.